The quantitative estimate of drug-likeness (QED) is 0.617. The molecule has 4 nitrogen and oxygen atoms in total. The zero-order chi connectivity index (χ0) is 19.7. The smallest absolute Gasteiger partial charge is 0.278 e. The van der Waals surface area contributed by atoms with E-state index in [1.807, 2.05) is 49.4 Å². The van der Waals surface area contributed by atoms with Gasteiger partial charge < -0.3 is 5.32 Å². The highest BCUT2D eigenvalue weighted by atomic mass is 35.5. The first kappa shape index (κ1) is 18.3. The van der Waals surface area contributed by atoms with Crippen LogP contribution in [0.1, 0.15) is 18.9 Å². The van der Waals surface area contributed by atoms with Gasteiger partial charge in [0.1, 0.15) is 5.70 Å². The lowest BCUT2D eigenvalue weighted by atomic mass is 10.0. The van der Waals surface area contributed by atoms with Gasteiger partial charge in [-0.2, -0.15) is 0 Å². The van der Waals surface area contributed by atoms with Crippen LogP contribution in [0.3, 0.4) is 0 Å². The molecule has 4 rings (SSSR count). The number of benzene rings is 3. The number of nitrogens with one attached hydrogen (secondary N) is 1. The third-order valence-electron chi connectivity index (χ3n) is 4.80. The van der Waals surface area contributed by atoms with E-state index in [0.29, 0.717) is 34.8 Å². The monoisotopic (exact) mass is 390 g/mol. The van der Waals surface area contributed by atoms with Crippen molar-refractivity contribution in [1.82, 2.24) is 4.90 Å². The predicted octanol–water partition coefficient (Wildman–Crippen LogP) is 5.10. The van der Waals surface area contributed by atoms with Crippen molar-refractivity contribution in [1.29, 1.82) is 0 Å². The molecule has 5 heteroatoms. The Morgan fingerprint density at radius 2 is 1.61 bits per heavy atom. The van der Waals surface area contributed by atoms with Gasteiger partial charge in [0.25, 0.3) is 11.8 Å². The van der Waals surface area contributed by atoms with Crippen molar-refractivity contribution >= 4 is 45.4 Å². The molecule has 140 valence electrons. The molecule has 0 aliphatic carbocycles. The number of rotatable bonds is 5. The molecule has 28 heavy (non-hydrogen) atoms. The number of anilines is 1. The molecular formula is C23H19ClN2O2. The Hall–Kier alpha value is -3.11. The molecule has 1 aliphatic heterocycles. The molecule has 1 N–H and O–H groups in total. The van der Waals surface area contributed by atoms with Crippen molar-refractivity contribution in [2.24, 2.45) is 0 Å². The van der Waals surface area contributed by atoms with Gasteiger partial charge in [-0.15, -0.1) is 0 Å². The van der Waals surface area contributed by atoms with Gasteiger partial charge >= 0.3 is 0 Å². The standard InChI is InChI=1S/C23H19ClN2O2/c1-2-14-26-22(27)20(16-10-12-17(24)13-11-16)21(23(26)28)25-19-9-5-7-15-6-3-4-8-18(15)19/h3-13,25H,2,14H2,1H3. The second kappa shape index (κ2) is 7.49. The van der Waals surface area contributed by atoms with E-state index < -0.39 is 0 Å². The third kappa shape index (κ3) is 3.16. The van der Waals surface area contributed by atoms with Gasteiger partial charge in [-0.3, -0.25) is 14.5 Å². The summed E-state index contributed by atoms with van der Waals surface area (Å²) >= 11 is 6.00. The molecule has 2 amide bonds. The highest BCUT2D eigenvalue weighted by Gasteiger charge is 2.38. The van der Waals surface area contributed by atoms with Crippen molar-refractivity contribution in [3.8, 4) is 0 Å². The van der Waals surface area contributed by atoms with Gasteiger partial charge in [-0.1, -0.05) is 67.1 Å². The van der Waals surface area contributed by atoms with Gasteiger partial charge in [0.15, 0.2) is 0 Å². The van der Waals surface area contributed by atoms with Crippen molar-refractivity contribution in [2.75, 3.05) is 11.9 Å². The third-order valence-corrected chi connectivity index (χ3v) is 5.05. The summed E-state index contributed by atoms with van der Waals surface area (Å²) in [6.07, 6.45) is 0.701. The van der Waals surface area contributed by atoms with Gasteiger partial charge in [0.05, 0.1) is 5.57 Å². The van der Waals surface area contributed by atoms with Crippen LogP contribution in [0.2, 0.25) is 5.02 Å². The zero-order valence-electron chi connectivity index (χ0n) is 15.4. The number of carbonyl (C=O) groups is 2. The number of hydrogen-bond donors (Lipinski definition) is 1. The van der Waals surface area contributed by atoms with Crippen LogP contribution >= 0.6 is 11.6 Å². The summed E-state index contributed by atoms with van der Waals surface area (Å²) in [6, 6.07) is 20.8. The fourth-order valence-corrected chi connectivity index (χ4v) is 3.60. The number of hydrogen-bond acceptors (Lipinski definition) is 3. The topological polar surface area (TPSA) is 49.4 Å². The second-order valence-corrected chi connectivity index (χ2v) is 7.11. The Bertz CT molecular complexity index is 1100. The lowest BCUT2D eigenvalue weighted by molar-refractivity contribution is -0.136. The molecule has 0 unspecified atom stereocenters. The summed E-state index contributed by atoms with van der Waals surface area (Å²) in [7, 11) is 0. The minimum absolute atomic E-state index is 0.281. The molecule has 0 spiro atoms. The van der Waals surface area contributed by atoms with Crippen molar-refractivity contribution in [2.45, 2.75) is 13.3 Å². The number of nitrogens with zero attached hydrogens (tertiary/aromatic N) is 1. The number of fused-ring (bicyclic) bond motifs is 1. The van der Waals surface area contributed by atoms with E-state index in [9.17, 15) is 9.59 Å². The molecule has 1 heterocycles. The van der Waals surface area contributed by atoms with Gasteiger partial charge in [0, 0.05) is 22.6 Å². The molecule has 0 fully saturated rings. The Kier molecular flexibility index (Phi) is 4.88. The Morgan fingerprint density at radius 3 is 2.36 bits per heavy atom. The highest BCUT2D eigenvalue weighted by molar-refractivity contribution is 6.37. The molecule has 0 saturated heterocycles. The minimum Gasteiger partial charge on any atom is -0.350 e. The molecule has 0 radical (unpaired) electrons. The van der Waals surface area contributed by atoms with E-state index in [1.165, 1.54) is 4.90 Å². The van der Waals surface area contributed by atoms with Crippen LogP contribution in [0.15, 0.2) is 72.4 Å². The molecule has 0 atom stereocenters. The van der Waals surface area contributed by atoms with Crippen molar-refractivity contribution < 1.29 is 9.59 Å². The van der Waals surface area contributed by atoms with E-state index in [1.54, 1.807) is 24.3 Å². The number of carbonyl (C=O) groups excluding carboxylic acids is 2. The SMILES string of the molecule is CCCN1C(=O)C(Nc2cccc3ccccc23)=C(c2ccc(Cl)cc2)C1=O. The van der Waals surface area contributed by atoms with Crippen LogP contribution < -0.4 is 5.32 Å². The molecule has 0 aromatic heterocycles. The first-order valence-electron chi connectivity index (χ1n) is 9.21. The lowest BCUT2D eigenvalue weighted by Crippen LogP contribution is -2.33. The van der Waals surface area contributed by atoms with Gasteiger partial charge in [-0.25, -0.2) is 0 Å². The van der Waals surface area contributed by atoms with Gasteiger partial charge in [-0.05, 0) is 35.6 Å². The van der Waals surface area contributed by atoms with Crippen LogP contribution in [0.4, 0.5) is 5.69 Å². The van der Waals surface area contributed by atoms with Crippen molar-refractivity contribution in [3.05, 3.63) is 83.0 Å². The molecular weight excluding hydrogens is 372 g/mol. The number of amides is 2. The minimum atomic E-state index is -0.301. The van der Waals surface area contributed by atoms with Gasteiger partial charge in [0.2, 0.25) is 0 Å². The van der Waals surface area contributed by atoms with Crippen LogP contribution in [0.25, 0.3) is 16.3 Å². The first-order valence-corrected chi connectivity index (χ1v) is 9.59. The predicted molar refractivity (Wildman–Crippen MR) is 113 cm³/mol. The largest absolute Gasteiger partial charge is 0.350 e. The first-order chi connectivity index (χ1) is 13.6. The molecule has 3 aromatic carbocycles. The fourth-order valence-electron chi connectivity index (χ4n) is 3.47. The summed E-state index contributed by atoms with van der Waals surface area (Å²) < 4.78 is 0. The van der Waals surface area contributed by atoms with E-state index in [0.717, 1.165) is 16.5 Å². The summed E-state index contributed by atoms with van der Waals surface area (Å²) in [5.74, 6) is -0.582. The van der Waals surface area contributed by atoms with E-state index in [2.05, 4.69) is 5.32 Å². The van der Waals surface area contributed by atoms with Crippen LogP contribution in [0.5, 0.6) is 0 Å². The summed E-state index contributed by atoms with van der Waals surface area (Å²) in [4.78, 5) is 27.4. The fraction of sp³-hybridized carbons (Fsp3) is 0.130. The molecule has 1 aliphatic rings. The Morgan fingerprint density at radius 1 is 0.893 bits per heavy atom. The Balaban J connectivity index is 1.84. The normalized spacial score (nSPS) is 14.3. The van der Waals surface area contributed by atoms with Crippen LogP contribution in [0, 0.1) is 0 Å². The maximum Gasteiger partial charge on any atom is 0.278 e. The second-order valence-electron chi connectivity index (χ2n) is 6.67. The summed E-state index contributed by atoms with van der Waals surface area (Å²) in [6.45, 7) is 2.33. The average Bonchev–Trinajstić information content (AvgIpc) is 2.94. The maximum atomic E-state index is 13.1. The van der Waals surface area contributed by atoms with Crippen LogP contribution in [-0.2, 0) is 9.59 Å². The summed E-state index contributed by atoms with van der Waals surface area (Å²) in [5.41, 5.74) is 2.14. The molecule has 0 bridgehead atoms. The van der Waals surface area contributed by atoms with E-state index in [4.69, 9.17) is 11.6 Å². The highest BCUT2D eigenvalue weighted by Crippen LogP contribution is 2.33. The number of imide groups is 1. The van der Waals surface area contributed by atoms with E-state index in [-0.39, 0.29) is 11.8 Å². The zero-order valence-corrected chi connectivity index (χ0v) is 16.2. The van der Waals surface area contributed by atoms with Crippen molar-refractivity contribution in [3.63, 3.8) is 0 Å². The molecule has 3 aromatic rings. The molecule has 0 saturated carbocycles. The maximum absolute atomic E-state index is 13.1. The lowest BCUT2D eigenvalue weighted by Gasteiger charge is -2.14. The van der Waals surface area contributed by atoms with E-state index >= 15 is 0 Å². The van der Waals surface area contributed by atoms with Crippen LogP contribution in [-0.4, -0.2) is 23.3 Å². The average molecular weight is 391 g/mol. The Labute approximate surface area is 168 Å². The number of halogens is 1. The summed E-state index contributed by atoms with van der Waals surface area (Å²) in [5, 5.41) is 5.88.